The van der Waals surface area contributed by atoms with Crippen molar-refractivity contribution in [1.29, 1.82) is 0 Å². The number of fused-ring (bicyclic) bond motifs is 4. The van der Waals surface area contributed by atoms with E-state index in [1.807, 2.05) is 17.4 Å². The molecule has 0 fully saturated rings. The van der Waals surface area contributed by atoms with Gasteiger partial charge >= 0.3 is 0 Å². The molecular formula is C20H14N2S. The molecule has 3 heteroatoms. The van der Waals surface area contributed by atoms with Gasteiger partial charge in [0.05, 0.1) is 11.0 Å². The second-order valence-corrected chi connectivity index (χ2v) is 6.85. The highest BCUT2D eigenvalue weighted by molar-refractivity contribution is 7.25. The maximum atomic E-state index is 4.68. The van der Waals surface area contributed by atoms with Crippen LogP contribution in [-0.4, -0.2) is 9.55 Å². The summed E-state index contributed by atoms with van der Waals surface area (Å²) in [7, 11) is 0. The van der Waals surface area contributed by atoms with Crippen LogP contribution in [0.5, 0.6) is 0 Å². The second-order valence-electron chi connectivity index (χ2n) is 5.76. The Kier molecular flexibility index (Phi) is 2.61. The first-order valence-corrected chi connectivity index (χ1v) is 8.49. The van der Waals surface area contributed by atoms with Crippen LogP contribution < -0.4 is 0 Å². The molecule has 0 amide bonds. The summed E-state index contributed by atoms with van der Waals surface area (Å²) in [5.41, 5.74) is 3.38. The van der Waals surface area contributed by atoms with E-state index in [0.717, 1.165) is 16.9 Å². The molecule has 0 saturated heterocycles. The Bertz CT molecular complexity index is 1180. The van der Waals surface area contributed by atoms with E-state index in [4.69, 9.17) is 0 Å². The lowest BCUT2D eigenvalue weighted by atomic mass is 10.1. The average molecular weight is 314 g/mol. The molecule has 3 aromatic carbocycles. The predicted molar refractivity (Wildman–Crippen MR) is 98.7 cm³/mol. The molecule has 0 bridgehead atoms. The van der Waals surface area contributed by atoms with E-state index >= 15 is 0 Å². The third-order valence-electron chi connectivity index (χ3n) is 4.35. The van der Waals surface area contributed by atoms with Gasteiger partial charge in [-0.2, -0.15) is 0 Å². The number of imidazole rings is 1. The van der Waals surface area contributed by atoms with Crippen molar-refractivity contribution >= 4 is 42.5 Å². The van der Waals surface area contributed by atoms with Crippen molar-refractivity contribution in [3.63, 3.8) is 0 Å². The Balaban J connectivity index is 1.82. The topological polar surface area (TPSA) is 17.8 Å². The molecule has 23 heavy (non-hydrogen) atoms. The minimum atomic E-state index is 1.02. The number of benzene rings is 3. The fraction of sp³-hybridized carbons (Fsp3) is 0.0500. The Morgan fingerprint density at radius 2 is 1.61 bits per heavy atom. The largest absolute Gasteiger partial charge is 0.296 e. The molecular weight excluding hydrogens is 300 g/mol. The molecule has 0 aliphatic heterocycles. The van der Waals surface area contributed by atoms with Crippen LogP contribution in [0.15, 0.2) is 66.7 Å². The van der Waals surface area contributed by atoms with Crippen LogP contribution in [0, 0.1) is 6.92 Å². The lowest BCUT2D eigenvalue weighted by Crippen LogP contribution is -1.96. The van der Waals surface area contributed by atoms with Crippen LogP contribution in [0.25, 0.3) is 36.9 Å². The molecule has 0 aliphatic carbocycles. The highest BCUT2D eigenvalue weighted by Crippen LogP contribution is 2.35. The van der Waals surface area contributed by atoms with Crippen LogP contribution in [0.1, 0.15) is 5.82 Å². The number of thiophene rings is 1. The summed E-state index contributed by atoms with van der Waals surface area (Å²) in [5, 5.41) is 2.67. The lowest BCUT2D eigenvalue weighted by Gasteiger charge is -2.07. The Labute approximate surface area is 137 Å². The summed E-state index contributed by atoms with van der Waals surface area (Å²) >= 11 is 1.85. The molecule has 0 N–H and O–H groups in total. The number of nitrogens with zero attached hydrogens (tertiary/aromatic N) is 2. The van der Waals surface area contributed by atoms with E-state index in [1.165, 1.54) is 25.9 Å². The van der Waals surface area contributed by atoms with Gasteiger partial charge in [-0.1, -0.05) is 36.4 Å². The molecule has 0 spiro atoms. The highest BCUT2D eigenvalue weighted by Gasteiger charge is 2.11. The van der Waals surface area contributed by atoms with E-state index in [-0.39, 0.29) is 0 Å². The van der Waals surface area contributed by atoms with Crippen molar-refractivity contribution < 1.29 is 0 Å². The number of hydrogen-bond donors (Lipinski definition) is 0. The Hall–Kier alpha value is -2.65. The van der Waals surface area contributed by atoms with Crippen molar-refractivity contribution in [2.45, 2.75) is 6.92 Å². The summed E-state index contributed by atoms with van der Waals surface area (Å²) in [6, 6.07) is 23.6. The van der Waals surface area contributed by atoms with Gasteiger partial charge in [-0.15, -0.1) is 11.3 Å². The van der Waals surface area contributed by atoms with Gasteiger partial charge in [0.15, 0.2) is 0 Å². The van der Waals surface area contributed by atoms with Gasteiger partial charge < -0.3 is 0 Å². The fourth-order valence-corrected chi connectivity index (χ4v) is 4.47. The minimum absolute atomic E-state index is 1.02. The number of aryl methyl sites for hydroxylation is 1. The molecule has 0 aliphatic rings. The molecule has 0 saturated carbocycles. The van der Waals surface area contributed by atoms with Crippen LogP contribution in [0.2, 0.25) is 0 Å². The fourth-order valence-electron chi connectivity index (χ4n) is 3.33. The van der Waals surface area contributed by atoms with Crippen LogP contribution in [0.4, 0.5) is 0 Å². The monoisotopic (exact) mass is 314 g/mol. The summed E-state index contributed by atoms with van der Waals surface area (Å²) in [6.45, 7) is 2.06. The average Bonchev–Trinajstić information content (AvgIpc) is 3.10. The van der Waals surface area contributed by atoms with E-state index in [2.05, 4.69) is 77.1 Å². The van der Waals surface area contributed by atoms with E-state index in [1.54, 1.807) is 0 Å². The van der Waals surface area contributed by atoms with Crippen molar-refractivity contribution in [1.82, 2.24) is 9.55 Å². The molecule has 5 rings (SSSR count). The van der Waals surface area contributed by atoms with Crippen LogP contribution in [-0.2, 0) is 0 Å². The van der Waals surface area contributed by atoms with Gasteiger partial charge in [0.25, 0.3) is 0 Å². The summed E-state index contributed by atoms with van der Waals surface area (Å²) in [5.74, 6) is 1.02. The minimum Gasteiger partial charge on any atom is -0.296 e. The van der Waals surface area contributed by atoms with Gasteiger partial charge in [0.2, 0.25) is 0 Å². The maximum Gasteiger partial charge on any atom is 0.111 e. The third kappa shape index (κ3) is 1.83. The summed E-state index contributed by atoms with van der Waals surface area (Å²) < 4.78 is 4.90. The number of para-hydroxylation sites is 2. The zero-order chi connectivity index (χ0) is 15.4. The first-order valence-electron chi connectivity index (χ1n) is 7.67. The summed E-state index contributed by atoms with van der Waals surface area (Å²) in [6.07, 6.45) is 0. The SMILES string of the molecule is Cc1nc2ccccc2n1-c1ccc2c(c1)sc1ccccc12. The molecule has 0 unspecified atom stereocenters. The molecule has 0 radical (unpaired) electrons. The maximum absolute atomic E-state index is 4.68. The Morgan fingerprint density at radius 1 is 0.826 bits per heavy atom. The predicted octanol–water partition coefficient (Wildman–Crippen LogP) is 5.70. The molecule has 5 aromatic rings. The molecule has 0 atom stereocenters. The van der Waals surface area contributed by atoms with E-state index < -0.39 is 0 Å². The number of aromatic nitrogens is 2. The zero-order valence-corrected chi connectivity index (χ0v) is 13.5. The summed E-state index contributed by atoms with van der Waals surface area (Å²) in [4.78, 5) is 4.68. The van der Waals surface area contributed by atoms with Gasteiger partial charge in [-0.25, -0.2) is 4.98 Å². The molecule has 2 nitrogen and oxygen atoms in total. The standard InChI is InChI=1S/C20H14N2S/c1-13-21-17-7-3-4-8-18(17)22(13)14-10-11-16-15-6-2-5-9-19(15)23-20(16)12-14/h2-12H,1H3. The van der Waals surface area contributed by atoms with Crippen molar-refractivity contribution in [2.24, 2.45) is 0 Å². The molecule has 2 aromatic heterocycles. The molecule has 110 valence electrons. The van der Waals surface area contributed by atoms with E-state index in [0.29, 0.717) is 0 Å². The van der Waals surface area contributed by atoms with Crippen LogP contribution in [0.3, 0.4) is 0 Å². The zero-order valence-electron chi connectivity index (χ0n) is 12.7. The first kappa shape index (κ1) is 12.9. The van der Waals surface area contributed by atoms with Gasteiger partial charge in [-0.3, -0.25) is 4.57 Å². The first-order chi connectivity index (χ1) is 11.3. The number of rotatable bonds is 1. The van der Waals surface area contributed by atoms with Crippen molar-refractivity contribution in [3.8, 4) is 5.69 Å². The second kappa shape index (κ2) is 4.67. The van der Waals surface area contributed by atoms with Crippen LogP contribution >= 0.6 is 11.3 Å². The lowest BCUT2D eigenvalue weighted by molar-refractivity contribution is 1.00. The highest BCUT2D eigenvalue weighted by atomic mass is 32.1. The third-order valence-corrected chi connectivity index (χ3v) is 5.48. The van der Waals surface area contributed by atoms with Gasteiger partial charge in [0, 0.05) is 25.9 Å². The smallest absolute Gasteiger partial charge is 0.111 e. The number of hydrogen-bond acceptors (Lipinski definition) is 2. The normalized spacial score (nSPS) is 11.7. The van der Waals surface area contributed by atoms with Gasteiger partial charge in [-0.05, 0) is 37.3 Å². The van der Waals surface area contributed by atoms with E-state index in [9.17, 15) is 0 Å². The molecule has 2 heterocycles. The Morgan fingerprint density at radius 3 is 2.57 bits per heavy atom. The van der Waals surface area contributed by atoms with Crippen molar-refractivity contribution in [2.75, 3.05) is 0 Å². The van der Waals surface area contributed by atoms with Gasteiger partial charge in [0.1, 0.15) is 5.82 Å². The van der Waals surface area contributed by atoms with Crippen molar-refractivity contribution in [3.05, 3.63) is 72.6 Å². The quantitative estimate of drug-likeness (QED) is 0.388.